The summed E-state index contributed by atoms with van der Waals surface area (Å²) in [6.45, 7) is 5.63. The number of amides is 2. The predicted molar refractivity (Wildman–Crippen MR) is 150 cm³/mol. The molecule has 2 aliphatic heterocycles. The van der Waals surface area contributed by atoms with Crippen molar-refractivity contribution < 1.29 is 18.7 Å². The summed E-state index contributed by atoms with van der Waals surface area (Å²) >= 11 is 0. The van der Waals surface area contributed by atoms with Crippen molar-refractivity contribution in [1.29, 1.82) is 0 Å². The summed E-state index contributed by atoms with van der Waals surface area (Å²) in [5.41, 5.74) is 2.36. The van der Waals surface area contributed by atoms with Gasteiger partial charge in [-0.2, -0.15) is 0 Å². The summed E-state index contributed by atoms with van der Waals surface area (Å²) in [5, 5.41) is 5.53. The number of ether oxygens (including phenoxy) is 1. The number of aromatic nitrogens is 1. The van der Waals surface area contributed by atoms with Gasteiger partial charge in [-0.05, 0) is 81.6 Å². The van der Waals surface area contributed by atoms with Crippen LogP contribution in [-0.4, -0.2) is 61.0 Å². The second-order valence-corrected chi connectivity index (χ2v) is 10.3. The number of likely N-dealkylation sites (tertiary alicyclic amines) is 1. The number of anilines is 3. The summed E-state index contributed by atoms with van der Waals surface area (Å²) < 4.78 is 20.6. The molecule has 0 atom stereocenters. The molecule has 2 aromatic carbocycles. The molecule has 1 aromatic heterocycles. The third-order valence-corrected chi connectivity index (χ3v) is 7.36. The van der Waals surface area contributed by atoms with E-state index >= 15 is 0 Å². The molecule has 0 spiro atoms. The van der Waals surface area contributed by atoms with Crippen LogP contribution < -0.4 is 20.3 Å². The first kappa shape index (κ1) is 26.6. The normalized spacial score (nSPS) is 16.2. The van der Waals surface area contributed by atoms with Crippen LogP contribution in [0.2, 0.25) is 0 Å². The minimum absolute atomic E-state index is 0.000115. The summed E-state index contributed by atoms with van der Waals surface area (Å²) in [6.07, 6.45) is 5.60. The van der Waals surface area contributed by atoms with Crippen LogP contribution in [0.25, 0.3) is 0 Å². The third kappa shape index (κ3) is 6.37. The van der Waals surface area contributed by atoms with Gasteiger partial charge in [0, 0.05) is 44.1 Å². The van der Waals surface area contributed by atoms with Gasteiger partial charge < -0.3 is 25.2 Å². The standard InChI is InChI=1S/C30H34FN5O3/c1-20-6-5-13-32-28(20)34-30(38)25-18-21(31)7-10-26(25)33-29(37)24-9-8-22(36-14-3-4-15-36)19-27(24)39-23-11-16-35(2)17-12-23/h5-10,13,18-19,23H,3-4,11-12,14-17H2,1-2H3,(H,33,37)(H,32,34,38). The first-order valence-electron chi connectivity index (χ1n) is 13.5. The van der Waals surface area contributed by atoms with Gasteiger partial charge in [0.1, 0.15) is 23.5 Å². The highest BCUT2D eigenvalue weighted by molar-refractivity contribution is 6.13. The molecule has 39 heavy (non-hydrogen) atoms. The smallest absolute Gasteiger partial charge is 0.259 e. The number of benzene rings is 2. The van der Waals surface area contributed by atoms with Gasteiger partial charge >= 0.3 is 0 Å². The number of aryl methyl sites for hydroxylation is 1. The number of nitrogens with one attached hydrogen (secondary N) is 2. The van der Waals surface area contributed by atoms with Crippen LogP contribution in [0.1, 0.15) is 52.0 Å². The van der Waals surface area contributed by atoms with E-state index in [9.17, 15) is 14.0 Å². The number of carbonyl (C=O) groups excluding carboxylic acids is 2. The molecule has 0 saturated carbocycles. The van der Waals surface area contributed by atoms with E-state index in [0.29, 0.717) is 17.1 Å². The van der Waals surface area contributed by atoms with Crippen LogP contribution in [0, 0.1) is 12.7 Å². The molecule has 2 amide bonds. The minimum atomic E-state index is -0.586. The Balaban J connectivity index is 1.41. The van der Waals surface area contributed by atoms with Crippen molar-refractivity contribution in [2.75, 3.05) is 48.8 Å². The Morgan fingerprint density at radius 2 is 1.69 bits per heavy atom. The van der Waals surface area contributed by atoms with E-state index in [1.165, 1.54) is 12.1 Å². The fourth-order valence-corrected chi connectivity index (χ4v) is 5.04. The zero-order valence-electron chi connectivity index (χ0n) is 22.4. The molecular formula is C30H34FN5O3. The SMILES string of the molecule is Cc1cccnc1NC(=O)c1cc(F)ccc1NC(=O)c1ccc(N2CCCC2)cc1OC1CCN(C)CC1. The quantitative estimate of drug-likeness (QED) is 0.441. The van der Waals surface area contributed by atoms with Gasteiger partial charge in [0.15, 0.2) is 0 Å². The lowest BCUT2D eigenvalue weighted by molar-refractivity contribution is 0.0989. The lowest BCUT2D eigenvalue weighted by atomic mass is 10.1. The maximum absolute atomic E-state index is 14.2. The average Bonchev–Trinajstić information content (AvgIpc) is 3.47. The van der Waals surface area contributed by atoms with E-state index < -0.39 is 17.6 Å². The van der Waals surface area contributed by atoms with E-state index in [1.54, 1.807) is 18.3 Å². The van der Waals surface area contributed by atoms with Crippen molar-refractivity contribution in [1.82, 2.24) is 9.88 Å². The highest BCUT2D eigenvalue weighted by Gasteiger charge is 2.24. The molecule has 3 heterocycles. The van der Waals surface area contributed by atoms with Gasteiger partial charge in [0.05, 0.1) is 16.8 Å². The summed E-state index contributed by atoms with van der Waals surface area (Å²) in [7, 11) is 2.09. The topological polar surface area (TPSA) is 86.8 Å². The summed E-state index contributed by atoms with van der Waals surface area (Å²) in [4.78, 5) is 35.4. The molecule has 2 fully saturated rings. The molecule has 0 unspecified atom stereocenters. The number of pyridine rings is 1. The zero-order valence-corrected chi connectivity index (χ0v) is 22.4. The molecule has 0 radical (unpaired) electrons. The van der Waals surface area contributed by atoms with E-state index in [0.717, 1.165) is 69.2 Å². The molecule has 0 aliphatic carbocycles. The van der Waals surface area contributed by atoms with Crippen molar-refractivity contribution >= 4 is 29.0 Å². The number of hydrogen-bond acceptors (Lipinski definition) is 6. The number of halogens is 1. The van der Waals surface area contributed by atoms with Gasteiger partial charge in [0.2, 0.25) is 0 Å². The van der Waals surface area contributed by atoms with Gasteiger partial charge in [0.25, 0.3) is 11.8 Å². The van der Waals surface area contributed by atoms with E-state index in [-0.39, 0.29) is 17.4 Å². The van der Waals surface area contributed by atoms with E-state index in [1.807, 2.05) is 25.1 Å². The Kier molecular flexibility index (Phi) is 8.07. The molecule has 204 valence electrons. The Morgan fingerprint density at radius 3 is 2.44 bits per heavy atom. The summed E-state index contributed by atoms with van der Waals surface area (Å²) in [6, 6.07) is 12.9. The second kappa shape index (κ2) is 11.8. The van der Waals surface area contributed by atoms with Gasteiger partial charge in [-0.15, -0.1) is 0 Å². The molecular weight excluding hydrogens is 497 g/mol. The van der Waals surface area contributed by atoms with Crippen molar-refractivity contribution in [2.24, 2.45) is 0 Å². The fraction of sp³-hybridized carbons (Fsp3) is 0.367. The number of carbonyl (C=O) groups is 2. The molecule has 2 N–H and O–H groups in total. The van der Waals surface area contributed by atoms with Crippen molar-refractivity contribution in [3.05, 3.63) is 77.2 Å². The zero-order chi connectivity index (χ0) is 27.4. The molecule has 8 nitrogen and oxygen atoms in total. The number of hydrogen-bond donors (Lipinski definition) is 2. The lowest BCUT2D eigenvalue weighted by Gasteiger charge is -2.30. The van der Waals surface area contributed by atoms with E-state index in [2.05, 4.69) is 32.5 Å². The number of nitrogens with zero attached hydrogens (tertiary/aromatic N) is 3. The molecule has 3 aromatic rings. The molecule has 5 rings (SSSR count). The van der Waals surface area contributed by atoms with Crippen molar-refractivity contribution in [3.63, 3.8) is 0 Å². The lowest BCUT2D eigenvalue weighted by Crippen LogP contribution is -2.36. The van der Waals surface area contributed by atoms with Gasteiger partial charge in [-0.3, -0.25) is 9.59 Å². The highest BCUT2D eigenvalue weighted by Crippen LogP contribution is 2.31. The monoisotopic (exact) mass is 531 g/mol. The van der Waals surface area contributed by atoms with Crippen LogP contribution in [0.4, 0.5) is 21.6 Å². The Hall–Kier alpha value is -3.98. The Bertz CT molecular complexity index is 1350. The number of piperidine rings is 1. The third-order valence-electron chi connectivity index (χ3n) is 7.36. The van der Waals surface area contributed by atoms with Crippen LogP contribution in [0.5, 0.6) is 5.75 Å². The maximum atomic E-state index is 14.2. The van der Waals surface area contributed by atoms with Crippen molar-refractivity contribution in [2.45, 2.75) is 38.7 Å². The van der Waals surface area contributed by atoms with Gasteiger partial charge in [-0.1, -0.05) is 6.07 Å². The van der Waals surface area contributed by atoms with Crippen LogP contribution in [0.15, 0.2) is 54.7 Å². The highest BCUT2D eigenvalue weighted by atomic mass is 19.1. The average molecular weight is 532 g/mol. The van der Waals surface area contributed by atoms with Crippen LogP contribution in [0.3, 0.4) is 0 Å². The minimum Gasteiger partial charge on any atom is -0.489 e. The first-order chi connectivity index (χ1) is 18.9. The second-order valence-electron chi connectivity index (χ2n) is 10.3. The summed E-state index contributed by atoms with van der Waals surface area (Å²) in [5.74, 6) is -0.699. The predicted octanol–water partition coefficient (Wildman–Crippen LogP) is 5.11. The number of rotatable bonds is 7. The Morgan fingerprint density at radius 1 is 0.949 bits per heavy atom. The fourth-order valence-electron chi connectivity index (χ4n) is 5.04. The maximum Gasteiger partial charge on any atom is 0.259 e. The van der Waals surface area contributed by atoms with Crippen LogP contribution >= 0.6 is 0 Å². The Labute approximate surface area is 228 Å². The van der Waals surface area contributed by atoms with E-state index in [4.69, 9.17) is 4.74 Å². The van der Waals surface area contributed by atoms with Crippen molar-refractivity contribution in [3.8, 4) is 5.75 Å². The molecule has 2 saturated heterocycles. The molecule has 2 aliphatic rings. The van der Waals surface area contributed by atoms with Gasteiger partial charge in [-0.25, -0.2) is 9.37 Å². The molecule has 9 heteroatoms. The molecule has 0 bridgehead atoms. The van der Waals surface area contributed by atoms with Crippen LogP contribution in [-0.2, 0) is 0 Å². The largest absolute Gasteiger partial charge is 0.489 e. The first-order valence-corrected chi connectivity index (χ1v) is 13.5.